The molecule has 0 aromatic heterocycles. The normalized spacial score (nSPS) is 17.4. The minimum atomic E-state index is -0.878. The van der Waals surface area contributed by atoms with Crippen molar-refractivity contribution in [1.29, 1.82) is 0 Å². The third-order valence-electron chi connectivity index (χ3n) is 14.1. The Morgan fingerprint density at radius 2 is 1.05 bits per heavy atom. The van der Waals surface area contributed by atoms with Gasteiger partial charge in [-0.05, 0) is 105 Å². The average molecular weight is 801 g/mol. The van der Waals surface area contributed by atoms with E-state index in [9.17, 15) is 0 Å². The van der Waals surface area contributed by atoms with Crippen molar-refractivity contribution in [2.24, 2.45) is 0 Å². The molecule has 3 heterocycles. The SMILES string of the molecule is CCC1(CC)c2cc(-c3ccccc3)ccc2-c2c1c1c(c3cc(-c4ccccc4)ccc23)OC(c2ccc(N3CCOCC3)cc2)(c2ccc(N3CCOCC3)cc2)C=C1. The summed E-state index contributed by atoms with van der Waals surface area (Å²) in [6.45, 7) is 11.3. The summed E-state index contributed by atoms with van der Waals surface area (Å²) in [7, 11) is 0. The van der Waals surface area contributed by atoms with Gasteiger partial charge in [-0.2, -0.15) is 0 Å². The van der Waals surface area contributed by atoms with Crippen LogP contribution < -0.4 is 14.5 Å². The standard InChI is InChI=1S/C56H52N2O3/c1-3-55(4-2)51-38-42(40-13-9-6-10-14-40)16-26-48(51)52-47-25-15-41(39-11-7-5-8-12-39)37-50(47)54-49(53(52)55)27-28-56(61-54,43-17-21-45(22-18-43)57-29-33-59-34-30-57)44-19-23-46(24-20-44)58-31-35-60-36-32-58/h5-28,37-38H,3-4,29-36H2,1-2H3. The number of morpholine rings is 2. The van der Waals surface area contributed by atoms with Crippen molar-refractivity contribution in [1.82, 2.24) is 0 Å². The highest BCUT2D eigenvalue weighted by molar-refractivity contribution is 6.10. The molecule has 2 fully saturated rings. The molecule has 7 aromatic carbocycles. The van der Waals surface area contributed by atoms with E-state index < -0.39 is 5.60 Å². The van der Waals surface area contributed by atoms with Gasteiger partial charge in [-0.3, -0.25) is 0 Å². The van der Waals surface area contributed by atoms with Crippen molar-refractivity contribution in [3.05, 3.63) is 179 Å². The van der Waals surface area contributed by atoms with E-state index in [2.05, 4.69) is 181 Å². The lowest BCUT2D eigenvalue weighted by molar-refractivity contribution is 0.122. The minimum absolute atomic E-state index is 0.195. The Hall–Kier alpha value is -6.14. The Balaban J connectivity index is 1.14. The van der Waals surface area contributed by atoms with E-state index in [1.54, 1.807) is 0 Å². The Kier molecular flexibility index (Phi) is 9.55. The van der Waals surface area contributed by atoms with Gasteiger partial charge in [-0.15, -0.1) is 0 Å². The number of rotatable bonds is 8. The van der Waals surface area contributed by atoms with Crippen molar-refractivity contribution < 1.29 is 14.2 Å². The van der Waals surface area contributed by atoms with Crippen LogP contribution in [0, 0.1) is 0 Å². The zero-order chi connectivity index (χ0) is 41.0. The monoisotopic (exact) mass is 800 g/mol. The number of nitrogens with zero attached hydrogens (tertiary/aromatic N) is 2. The fourth-order valence-corrected chi connectivity index (χ4v) is 10.8. The lowest BCUT2D eigenvalue weighted by atomic mass is 9.70. The van der Waals surface area contributed by atoms with Gasteiger partial charge in [0.25, 0.3) is 0 Å². The molecule has 0 amide bonds. The third kappa shape index (κ3) is 6.20. The molecule has 2 saturated heterocycles. The van der Waals surface area contributed by atoms with Gasteiger partial charge in [0.05, 0.1) is 26.4 Å². The highest BCUT2D eigenvalue weighted by atomic mass is 16.5. The second kappa shape index (κ2) is 15.4. The molecule has 61 heavy (non-hydrogen) atoms. The predicted octanol–water partition coefficient (Wildman–Crippen LogP) is 12.3. The number of benzene rings is 7. The van der Waals surface area contributed by atoms with E-state index in [0.717, 1.165) is 87.7 Å². The van der Waals surface area contributed by atoms with Crippen LogP contribution in [0.25, 0.3) is 50.2 Å². The van der Waals surface area contributed by atoms with Crippen LogP contribution in [0.5, 0.6) is 5.75 Å². The lowest BCUT2D eigenvalue weighted by Gasteiger charge is -2.40. The first kappa shape index (κ1) is 37.8. The molecule has 304 valence electrons. The fraction of sp³-hybridized carbons (Fsp3) is 0.250. The van der Waals surface area contributed by atoms with Crippen LogP contribution in [0.3, 0.4) is 0 Å². The Labute approximate surface area is 359 Å². The summed E-state index contributed by atoms with van der Waals surface area (Å²) in [5.41, 5.74) is 15.1. The van der Waals surface area contributed by atoms with Crippen LogP contribution in [-0.4, -0.2) is 52.6 Å². The molecular formula is C56H52N2O3. The Bertz CT molecular complexity index is 2680. The van der Waals surface area contributed by atoms with Crippen molar-refractivity contribution in [3.63, 3.8) is 0 Å². The second-order valence-electron chi connectivity index (χ2n) is 17.0. The maximum atomic E-state index is 7.91. The number of hydrogen-bond acceptors (Lipinski definition) is 5. The van der Waals surface area contributed by atoms with Crippen LogP contribution >= 0.6 is 0 Å². The molecule has 7 aromatic rings. The third-order valence-corrected chi connectivity index (χ3v) is 14.1. The summed E-state index contributed by atoms with van der Waals surface area (Å²) in [5.74, 6) is 0.950. The van der Waals surface area contributed by atoms with Crippen LogP contribution in [0.1, 0.15) is 54.5 Å². The number of ether oxygens (including phenoxy) is 3. The molecule has 11 rings (SSSR count). The van der Waals surface area contributed by atoms with E-state index in [4.69, 9.17) is 14.2 Å². The summed E-state index contributed by atoms with van der Waals surface area (Å²) in [4.78, 5) is 4.84. The van der Waals surface area contributed by atoms with Gasteiger partial charge >= 0.3 is 0 Å². The van der Waals surface area contributed by atoms with Crippen LogP contribution in [0.15, 0.2) is 152 Å². The van der Waals surface area contributed by atoms with E-state index in [-0.39, 0.29) is 5.41 Å². The Morgan fingerprint density at radius 3 is 1.59 bits per heavy atom. The second-order valence-corrected chi connectivity index (χ2v) is 17.0. The molecule has 0 saturated carbocycles. The average Bonchev–Trinajstić information content (AvgIpc) is 3.65. The quantitative estimate of drug-likeness (QED) is 0.153. The van der Waals surface area contributed by atoms with Crippen molar-refractivity contribution in [2.75, 3.05) is 62.4 Å². The number of anilines is 2. The van der Waals surface area contributed by atoms with Crippen molar-refractivity contribution >= 4 is 28.2 Å². The minimum Gasteiger partial charge on any atom is -0.472 e. The summed E-state index contributed by atoms with van der Waals surface area (Å²) < 4.78 is 19.3. The molecule has 5 heteroatoms. The molecular weight excluding hydrogens is 749 g/mol. The first-order chi connectivity index (χ1) is 30.1. The smallest absolute Gasteiger partial charge is 0.178 e. The van der Waals surface area contributed by atoms with Gasteiger partial charge in [-0.25, -0.2) is 0 Å². The number of hydrogen-bond donors (Lipinski definition) is 0. The van der Waals surface area contributed by atoms with Crippen LogP contribution in [-0.2, 0) is 20.5 Å². The molecule has 0 bridgehead atoms. The lowest BCUT2D eigenvalue weighted by Crippen LogP contribution is -2.37. The van der Waals surface area contributed by atoms with Gasteiger partial charge in [0.2, 0.25) is 0 Å². The molecule has 0 unspecified atom stereocenters. The predicted molar refractivity (Wildman–Crippen MR) is 251 cm³/mol. The van der Waals surface area contributed by atoms with Gasteiger partial charge in [0.1, 0.15) is 5.75 Å². The van der Waals surface area contributed by atoms with Crippen LogP contribution in [0.4, 0.5) is 11.4 Å². The molecule has 0 radical (unpaired) electrons. The topological polar surface area (TPSA) is 34.2 Å². The molecule has 1 aliphatic carbocycles. The molecule has 4 aliphatic rings. The van der Waals surface area contributed by atoms with Gasteiger partial charge in [0.15, 0.2) is 5.60 Å². The van der Waals surface area contributed by atoms with Crippen molar-refractivity contribution in [2.45, 2.75) is 37.7 Å². The molecule has 5 nitrogen and oxygen atoms in total. The summed E-state index contributed by atoms with van der Waals surface area (Å²) in [5, 5.41) is 2.38. The van der Waals surface area contributed by atoms with Gasteiger partial charge < -0.3 is 24.0 Å². The first-order valence-corrected chi connectivity index (χ1v) is 22.2. The maximum absolute atomic E-state index is 7.91. The van der Waals surface area contributed by atoms with Gasteiger partial charge in [-0.1, -0.05) is 129 Å². The summed E-state index contributed by atoms with van der Waals surface area (Å²) in [6, 6.07) is 54.0. The molecule has 0 N–H and O–H groups in total. The molecule has 0 atom stereocenters. The zero-order valence-electron chi connectivity index (χ0n) is 35.2. The van der Waals surface area contributed by atoms with E-state index in [1.165, 1.54) is 66.8 Å². The highest BCUT2D eigenvalue weighted by Crippen LogP contribution is 2.61. The summed E-state index contributed by atoms with van der Waals surface area (Å²) in [6.07, 6.45) is 6.73. The molecule has 3 aliphatic heterocycles. The van der Waals surface area contributed by atoms with E-state index in [1.807, 2.05) is 0 Å². The van der Waals surface area contributed by atoms with Crippen molar-refractivity contribution in [3.8, 4) is 39.1 Å². The summed E-state index contributed by atoms with van der Waals surface area (Å²) >= 11 is 0. The number of fused-ring (bicyclic) bond motifs is 8. The molecule has 0 spiro atoms. The largest absolute Gasteiger partial charge is 0.472 e. The van der Waals surface area contributed by atoms with Crippen LogP contribution in [0.2, 0.25) is 0 Å². The van der Waals surface area contributed by atoms with E-state index >= 15 is 0 Å². The first-order valence-electron chi connectivity index (χ1n) is 22.2. The van der Waals surface area contributed by atoms with E-state index in [0.29, 0.717) is 0 Å². The Morgan fingerprint density at radius 1 is 0.525 bits per heavy atom. The maximum Gasteiger partial charge on any atom is 0.178 e. The highest BCUT2D eigenvalue weighted by Gasteiger charge is 2.47. The van der Waals surface area contributed by atoms with Gasteiger partial charge in [0, 0.05) is 65.0 Å². The zero-order valence-corrected chi connectivity index (χ0v) is 35.2. The fourth-order valence-electron chi connectivity index (χ4n) is 10.8.